The first-order valence-electron chi connectivity index (χ1n) is 12.3. The molecule has 3 aliphatic carbocycles. The number of aromatic amines is 1. The van der Waals surface area contributed by atoms with Gasteiger partial charge >= 0.3 is 0 Å². The van der Waals surface area contributed by atoms with Gasteiger partial charge in [-0.1, -0.05) is 36.4 Å². The highest BCUT2D eigenvalue weighted by atomic mass is 16.5. The van der Waals surface area contributed by atoms with Crippen LogP contribution in [0, 0.1) is 11.8 Å². The standard InChI is InChI=1S/C28H35N3O2/c1-31(16-7-12-27-29-24-9-4-5-10-25(24)30-27)17-15-28(32)19-20-13-14-21(28)18-23(20)22-8-3-6-11-26(22)33-2/h3-6,8-11,18,20-21,32H,7,12-17,19H2,1-2H3,(H,29,30)/t20-,21-,28+/m0/s1. The zero-order valence-corrected chi connectivity index (χ0v) is 19.8. The van der Waals surface area contributed by atoms with Crippen LogP contribution in [0.25, 0.3) is 16.6 Å². The van der Waals surface area contributed by atoms with Gasteiger partial charge < -0.3 is 19.7 Å². The average Bonchev–Trinajstić information content (AvgIpc) is 3.26. The molecule has 2 aromatic carbocycles. The van der Waals surface area contributed by atoms with E-state index >= 15 is 0 Å². The number of hydrogen-bond donors (Lipinski definition) is 2. The highest BCUT2D eigenvalue weighted by Gasteiger charge is 2.46. The van der Waals surface area contributed by atoms with Crippen LogP contribution in [0.4, 0.5) is 0 Å². The first-order valence-corrected chi connectivity index (χ1v) is 12.3. The highest BCUT2D eigenvalue weighted by Crippen LogP contribution is 2.52. The third-order valence-corrected chi connectivity index (χ3v) is 7.67. The predicted octanol–water partition coefficient (Wildman–Crippen LogP) is 5.07. The molecule has 0 spiro atoms. The van der Waals surface area contributed by atoms with Gasteiger partial charge in [0.15, 0.2) is 0 Å². The minimum absolute atomic E-state index is 0.228. The van der Waals surface area contributed by atoms with Crippen molar-refractivity contribution in [3.8, 4) is 5.75 Å². The van der Waals surface area contributed by atoms with Crippen LogP contribution in [0.5, 0.6) is 5.75 Å². The molecule has 0 amide bonds. The fourth-order valence-electron chi connectivity index (χ4n) is 5.80. The van der Waals surface area contributed by atoms with Gasteiger partial charge in [0.25, 0.3) is 0 Å². The van der Waals surface area contributed by atoms with E-state index in [4.69, 9.17) is 4.74 Å². The summed E-state index contributed by atoms with van der Waals surface area (Å²) in [5, 5.41) is 11.6. The van der Waals surface area contributed by atoms with Gasteiger partial charge in [0.05, 0.1) is 23.7 Å². The SMILES string of the molecule is COc1ccccc1C1=C[C@@H]2CC[C@H]1C[C@]2(O)CCN(C)CCCc1nc2ccccc2[nH]1. The van der Waals surface area contributed by atoms with Crippen LogP contribution in [0.2, 0.25) is 0 Å². The van der Waals surface area contributed by atoms with Gasteiger partial charge in [-0.05, 0) is 75.4 Å². The molecule has 5 nitrogen and oxygen atoms in total. The molecule has 0 saturated heterocycles. The second kappa shape index (κ2) is 9.32. The zero-order chi connectivity index (χ0) is 22.8. The van der Waals surface area contributed by atoms with Crippen molar-refractivity contribution in [1.29, 1.82) is 0 Å². The molecule has 1 fully saturated rings. The number of aliphatic hydroxyl groups is 1. The van der Waals surface area contributed by atoms with Crippen molar-refractivity contribution < 1.29 is 9.84 Å². The van der Waals surface area contributed by atoms with Crippen molar-refractivity contribution in [1.82, 2.24) is 14.9 Å². The number of benzene rings is 2. The maximum atomic E-state index is 11.6. The number of para-hydroxylation sites is 3. The van der Waals surface area contributed by atoms with Crippen LogP contribution in [0.15, 0.2) is 54.6 Å². The molecule has 3 aromatic rings. The third-order valence-electron chi connectivity index (χ3n) is 7.67. The van der Waals surface area contributed by atoms with E-state index in [1.54, 1.807) is 7.11 Å². The Morgan fingerprint density at radius 1 is 1.12 bits per heavy atom. The molecular formula is C28H35N3O2. The van der Waals surface area contributed by atoms with Gasteiger partial charge in [0, 0.05) is 24.4 Å². The summed E-state index contributed by atoms with van der Waals surface area (Å²) in [4.78, 5) is 10.5. The molecule has 1 heterocycles. The van der Waals surface area contributed by atoms with Crippen molar-refractivity contribution >= 4 is 16.6 Å². The van der Waals surface area contributed by atoms with E-state index in [0.717, 1.165) is 74.2 Å². The molecule has 3 aliphatic rings. The Hall–Kier alpha value is -2.63. The summed E-state index contributed by atoms with van der Waals surface area (Å²) < 4.78 is 5.61. The average molecular weight is 446 g/mol. The maximum Gasteiger partial charge on any atom is 0.126 e. The van der Waals surface area contributed by atoms with E-state index < -0.39 is 5.60 Å². The van der Waals surface area contributed by atoms with Crippen molar-refractivity contribution in [3.63, 3.8) is 0 Å². The van der Waals surface area contributed by atoms with Crippen LogP contribution >= 0.6 is 0 Å². The number of rotatable bonds is 9. The summed E-state index contributed by atoms with van der Waals surface area (Å²) >= 11 is 0. The lowest BCUT2D eigenvalue weighted by atomic mass is 9.61. The maximum absolute atomic E-state index is 11.6. The van der Waals surface area contributed by atoms with Gasteiger partial charge in [-0.3, -0.25) is 0 Å². The van der Waals surface area contributed by atoms with Crippen LogP contribution in [-0.2, 0) is 6.42 Å². The Bertz CT molecular complexity index is 1100. The number of allylic oxidation sites excluding steroid dienone is 1. The third kappa shape index (κ3) is 4.57. The number of ether oxygens (including phenoxy) is 1. The number of hydrogen-bond acceptors (Lipinski definition) is 4. The second-order valence-corrected chi connectivity index (χ2v) is 9.87. The molecule has 1 aromatic heterocycles. The molecule has 5 heteroatoms. The number of H-pyrrole nitrogens is 1. The van der Waals surface area contributed by atoms with E-state index in [2.05, 4.69) is 46.2 Å². The van der Waals surface area contributed by atoms with E-state index in [0.29, 0.717) is 5.92 Å². The second-order valence-electron chi connectivity index (χ2n) is 9.87. The van der Waals surface area contributed by atoms with Crippen molar-refractivity contribution in [2.24, 2.45) is 11.8 Å². The number of fused-ring (bicyclic) bond motifs is 3. The van der Waals surface area contributed by atoms with E-state index in [1.807, 2.05) is 30.3 Å². The number of imidazole rings is 1. The lowest BCUT2D eigenvalue weighted by molar-refractivity contribution is -0.0574. The van der Waals surface area contributed by atoms with Crippen LogP contribution in [-0.4, -0.2) is 52.8 Å². The molecule has 6 rings (SSSR count). The summed E-state index contributed by atoms with van der Waals surface area (Å²) in [6.07, 6.45) is 8.26. The van der Waals surface area contributed by atoms with E-state index in [-0.39, 0.29) is 5.92 Å². The minimum atomic E-state index is -0.596. The Kier molecular flexibility index (Phi) is 6.26. The molecule has 0 radical (unpaired) electrons. The molecule has 174 valence electrons. The fourth-order valence-corrected chi connectivity index (χ4v) is 5.80. The Morgan fingerprint density at radius 3 is 2.73 bits per heavy atom. The zero-order valence-electron chi connectivity index (χ0n) is 19.8. The van der Waals surface area contributed by atoms with Crippen molar-refractivity contribution in [2.75, 3.05) is 27.2 Å². The molecule has 1 saturated carbocycles. The topological polar surface area (TPSA) is 61.4 Å². The molecule has 2 bridgehead atoms. The van der Waals surface area contributed by atoms with Gasteiger partial charge in [-0.2, -0.15) is 0 Å². The van der Waals surface area contributed by atoms with Gasteiger partial charge in [0.2, 0.25) is 0 Å². The highest BCUT2D eigenvalue weighted by molar-refractivity contribution is 5.75. The summed E-state index contributed by atoms with van der Waals surface area (Å²) in [5.74, 6) is 2.63. The summed E-state index contributed by atoms with van der Waals surface area (Å²) in [5.41, 5.74) is 4.11. The first-order chi connectivity index (χ1) is 16.1. The van der Waals surface area contributed by atoms with Gasteiger partial charge in [-0.25, -0.2) is 4.98 Å². The minimum Gasteiger partial charge on any atom is -0.496 e. The molecule has 33 heavy (non-hydrogen) atoms. The van der Waals surface area contributed by atoms with Crippen molar-refractivity contribution in [3.05, 3.63) is 66.0 Å². The number of aryl methyl sites for hydroxylation is 1. The molecule has 0 unspecified atom stereocenters. The Labute approximate surface area is 196 Å². The lowest BCUT2D eigenvalue weighted by Crippen LogP contribution is -2.48. The predicted molar refractivity (Wildman–Crippen MR) is 133 cm³/mol. The summed E-state index contributed by atoms with van der Waals surface area (Å²) in [7, 11) is 3.90. The smallest absolute Gasteiger partial charge is 0.126 e. The van der Waals surface area contributed by atoms with Gasteiger partial charge in [0.1, 0.15) is 11.6 Å². The quantitative estimate of drug-likeness (QED) is 0.483. The molecule has 0 aliphatic heterocycles. The molecule has 2 N–H and O–H groups in total. The van der Waals surface area contributed by atoms with E-state index in [1.165, 1.54) is 11.1 Å². The monoisotopic (exact) mass is 445 g/mol. The van der Waals surface area contributed by atoms with Crippen LogP contribution in [0.3, 0.4) is 0 Å². The number of methoxy groups -OCH3 is 1. The lowest BCUT2D eigenvalue weighted by Gasteiger charge is -2.48. The summed E-state index contributed by atoms with van der Waals surface area (Å²) in [6, 6.07) is 16.5. The normalized spacial score (nSPS) is 24.4. The fraction of sp³-hybridized carbons (Fsp3) is 0.464. The van der Waals surface area contributed by atoms with Gasteiger partial charge in [-0.15, -0.1) is 0 Å². The van der Waals surface area contributed by atoms with Crippen LogP contribution < -0.4 is 4.74 Å². The number of nitrogens with zero attached hydrogens (tertiary/aromatic N) is 2. The van der Waals surface area contributed by atoms with Crippen molar-refractivity contribution in [2.45, 2.75) is 44.1 Å². The van der Waals surface area contributed by atoms with E-state index in [9.17, 15) is 5.11 Å². The first kappa shape index (κ1) is 22.2. The Morgan fingerprint density at radius 2 is 1.94 bits per heavy atom. The Balaban J connectivity index is 1.16. The largest absolute Gasteiger partial charge is 0.496 e. The number of aromatic nitrogens is 2. The van der Waals surface area contributed by atoms with Crippen LogP contribution in [0.1, 0.15) is 43.5 Å². The number of nitrogens with one attached hydrogen (secondary N) is 1. The molecule has 3 atom stereocenters. The molecular weight excluding hydrogens is 410 g/mol. The summed E-state index contributed by atoms with van der Waals surface area (Å²) in [6.45, 7) is 1.92.